The van der Waals surface area contributed by atoms with E-state index in [2.05, 4.69) is 25.3 Å². The molecule has 0 spiro atoms. The van der Waals surface area contributed by atoms with Crippen LogP contribution in [0.1, 0.15) is 5.56 Å². The van der Waals surface area contributed by atoms with Gasteiger partial charge in [0.25, 0.3) is 0 Å². The monoisotopic (exact) mass is 545 g/mol. The van der Waals surface area contributed by atoms with E-state index >= 15 is 0 Å². The summed E-state index contributed by atoms with van der Waals surface area (Å²) < 4.78 is 31.3. The molecule has 0 radical (unpaired) electrons. The van der Waals surface area contributed by atoms with Crippen LogP contribution in [-0.2, 0) is 4.74 Å². The molecule has 2 aromatic carbocycles. The van der Waals surface area contributed by atoms with Gasteiger partial charge < -0.3 is 14.2 Å². The van der Waals surface area contributed by atoms with E-state index in [0.29, 0.717) is 37.1 Å². The number of aromatic nitrogens is 4. The number of amides is 1. The molecule has 0 aliphatic heterocycles. The number of rotatable bonds is 7. The number of nitrogens with one attached hydrogen (secondary N) is 1. The lowest BCUT2D eigenvalue weighted by molar-refractivity contribution is 0.136. The van der Waals surface area contributed by atoms with E-state index in [4.69, 9.17) is 25.8 Å². The van der Waals surface area contributed by atoms with Crippen LogP contribution < -0.4 is 14.8 Å². The zero-order valence-corrected chi connectivity index (χ0v) is 21.3. The molecule has 0 aliphatic carbocycles. The van der Waals surface area contributed by atoms with E-state index in [9.17, 15) is 9.18 Å². The molecule has 0 fully saturated rings. The Morgan fingerprint density at radius 2 is 2.03 bits per heavy atom. The number of carbonyl (C=O) groups excluding carboxylic acids is 1. The van der Waals surface area contributed by atoms with Gasteiger partial charge >= 0.3 is 6.09 Å². The minimum absolute atomic E-state index is 0.0622. The van der Waals surface area contributed by atoms with Crippen molar-refractivity contribution in [2.75, 3.05) is 25.6 Å². The first-order valence-corrected chi connectivity index (χ1v) is 12.6. The number of aryl methyl sites for hydroxylation is 1. The van der Waals surface area contributed by atoms with Crippen molar-refractivity contribution in [1.82, 2.24) is 19.9 Å². The van der Waals surface area contributed by atoms with Crippen molar-refractivity contribution in [3.63, 3.8) is 0 Å². The minimum atomic E-state index is -0.742. The summed E-state index contributed by atoms with van der Waals surface area (Å²) in [5.74, 6) is -0.401. The summed E-state index contributed by atoms with van der Waals surface area (Å²) in [6.45, 7) is 1.78. The fourth-order valence-electron chi connectivity index (χ4n) is 3.41. The first-order chi connectivity index (χ1) is 17.4. The Balaban J connectivity index is 1.37. The van der Waals surface area contributed by atoms with E-state index in [0.717, 1.165) is 11.1 Å². The SMILES string of the molecule is COc1cnc2c(-c3nc4c(Cl)c(F)c(OCCOC(=O)Nc5cncs5)cc4s3)cc(C)cc2n1. The molecule has 9 nitrogen and oxygen atoms in total. The van der Waals surface area contributed by atoms with Crippen LogP contribution in [0.4, 0.5) is 14.2 Å². The molecular formula is C23H17ClFN5O4S2. The van der Waals surface area contributed by atoms with Crippen molar-refractivity contribution in [3.8, 4) is 22.2 Å². The lowest BCUT2D eigenvalue weighted by Gasteiger charge is -2.09. The summed E-state index contributed by atoms with van der Waals surface area (Å²) >= 11 is 8.89. The molecule has 0 saturated carbocycles. The summed E-state index contributed by atoms with van der Waals surface area (Å²) in [6.07, 6.45) is 2.38. The maximum atomic E-state index is 14.9. The molecule has 1 N–H and O–H groups in total. The van der Waals surface area contributed by atoms with Gasteiger partial charge in [0, 0.05) is 11.6 Å². The van der Waals surface area contributed by atoms with Crippen LogP contribution in [0.3, 0.4) is 0 Å². The molecule has 0 aliphatic rings. The number of anilines is 1. The molecule has 184 valence electrons. The standard InChI is InChI=1S/C23H17ClFN5O4S2/c1-11-5-12(20-13(6-11)28-16(32-2)8-27-20)22-30-21-15(36-22)7-14(19(25)18(21)24)33-3-4-34-23(31)29-17-9-26-10-35-17/h5-10H,3-4H2,1-2H3,(H,29,31). The predicted molar refractivity (Wildman–Crippen MR) is 137 cm³/mol. The summed E-state index contributed by atoms with van der Waals surface area (Å²) in [4.78, 5) is 29.2. The number of ether oxygens (including phenoxy) is 3. The summed E-state index contributed by atoms with van der Waals surface area (Å²) in [6, 6.07) is 5.37. The third-order valence-electron chi connectivity index (χ3n) is 4.97. The fourth-order valence-corrected chi connectivity index (χ4v) is 5.22. The third-order valence-corrected chi connectivity index (χ3v) is 7.04. The second-order valence-electron chi connectivity index (χ2n) is 7.44. The first kappa shape index (κ1) is 24.1. The summed E-state index contributed by atoms with van der Waals surface area (Å²) in [7, 11) is 1.53. The van der Waals surface area contributed by atoms with Gasteiger partial charge in [-0.25, -0.2) is 24.1 Å². The van der Waals surface area contributed by atoms with Crippen LogP contribution >= 0.6 is 34.3 Å². The van der Waals surface area contributed by atoms with Crippen molar-refractivity contribution in [2.24, 2.45) is 0 Å². The van der Waals surface area contributed by atoms with Gasteiger partial charge in [-0.15, -0.1) is 22.7 Å². The van der Waals surface area contributed by atoms with E-state index in [1.807, 2.05) is 19.1 Å². The lowest BCUT2D eigenvalue weighted by Crippen LogP contribution is -2.17. The van der Waals surface area contributed by atoms with Crippen molar-refractivity contribution >= 4 is 66.6 Å². The molecule has 0 unspecified atom stereocenters. The summed E-state index contributed by atoms with van der Waals surface area (Å²) in [5, 5.41) is 3.54. The first-order valence-electron chi connectivity index (χ1n) is 10.5. The maximum absolute atomic E-state index is 14.9. The fraction of sp³-hybridized carbons (Fsp3) is 0.174. The number of hydrogen-bond donors (Lipinski definition) is 1. The van der Waals surface area contributed by atoms with Crippen LogP contribution in [-0.4, -0.2) is 46.4 Å². The molecular weight excluding hydrogens is 529 g/mol. The Morgan fingerprint density at radius 3 is 2.81 bits per heavy atom. The highest BCUT2D eigenvalue weighted by molar-refractivity contribution is 7.21. The average Bonchev–Trinajstić information content (AvgIpc) is 3.53. The quantitative estimate of drug-likeness (QED) is 0.244. The maximum Gasteiger partial charge on any atom is 0.412 e. The third kappa shape index (κ3) is 4.87. The summed E-state index contributed by atoms with van der Waals surface area (Å²) in [5.41, 5.74) is 4.91. The van der Waals surface area contributed by atoms with E-state index in [1.54, 1.807) is 5.51 Å². The number of nitrogens with zero attached hydrogens (tertiary/aromatic N) is 4. The molecule has 36 heavy (non-hydrogen) atoms. The zero-order valence-electron chi connectivity index (χ0n) is 18.9. The van der Waals surface area contributed by atoms with Crippen LogP contribution in [0.5, 0.6) is 11.6 Å². The molecule has 13 heteroatoms. The minimum Gasteiger partial charge on any atom is -0.487 e. The molecule has 1 amide bonds. The normalized spacial score (nSPS) is 11.1. The number of carbonyl (C=O) groups is 1. The van der Waals surface area contributed by atoms with Crippen LogP contribution in [0, 0.1) is 12.7 Å². The topological polar surface area (TPSA) is 108 Å². The molecule has 3 heterocycles. The van der Waals surface area contributed by atoms with Gasteiger partial charge in [-0.05, 0) is 24.6 Å². The molecule has 0 atom stereocenters. The Kier molecular flexibility index (Phi) is 6.81. The number of hydrogen-bond acceptors (Lipinski definition) is 10. The number of benzene rings is 2. The van der Waals surface area contributed by atoms with Crippen LogP contribution in [0.25, 0.3) is 31.8 Å². The van der Waals surface area contributed by atoms with Crippen LogP contribution in [0.2, 0.25) is 5.02 Å². The van der Waals surface area contributed by atoms with Crippen molar-refractivity contribution in [3.05, 3.63) is 52.5 Å². The van der Waals surface area contributed by atoms with Gasteiger partial charge in [-0.1, -0.05) is 11.6 Å². The van der Waals surface area contributed by atoms with Gasteiger partial charge in [-0.2, -0.15) is 0 Å². The number of halogens is 2. The highest BCUT2D eigenvalue weighted by Gasteiger charge is 2.20. The predicted octanol–water partition coefficient (Wildman–Crippen LogP) is 6.10. The number of thiazole rings is 2. The zero-order chi connectivity index (χ0) is 25.2. The molecule has 3 aromatic heterocycles. The van der Waals surface area contributed by atoms with Crippen LogP contribution in [0.15, 0.2) is 36.1 Å². The molecule has 5 rings (SSSR count). The molecule has 0 saturated heterocycles. The Morgan fingerprint density at radius 1 is 1.17 bits per heavy atom. The second kappa shape index (κ2) is 10.2. The largest absolute Gasteiger partial charge is 0.487 e. The highest BCUT2D eigenvalue weighted by Crippen LogP contribution is 2.40. The highest BCUT2D eigenvalue weighted by atomic mass is 35.5. The lowest BCUT2D eigenvalue weighted by atomic mass is 10.1. The van der Waals surface area contributed by atoms with Crippen molar-refractivity contribution in [1.29, 1.82) is 0 Å². The van der Waals surface area contributed by atoms with Crippen molar-refractivity contribution < 1.29 is 23.4 Å². The van der Waals surface area contributed by atoms with Gasteiger partial charge in [0.05, 0.1) is 40.7 Å². The molecule has 5 aromatic rings. The average molecular weight is 546 g/mol. The Bertz CT molecular complexity index is 1580. The smallest absolute Gasteiger partial charge is 0.412 e. The van der Waals surface area contributed by atoms with E-state index in [1.165, 1.54) is 48.2 Å². The van der Waals surface area contributed by atoms with Crippen molar-refractivity contribution in [2.45, 2.75) is 6.92 Å². The van der Waals surface area contributed by atoms with Gasteiger partial charge in [0.2, 0.25) is 5.88 Å². The van der Waals surface area contributed by atoms with Gasteiger partial charge in [-0.3, -0.25) is 10.3 Å². The number of methoxy groups -OCH3 is 1. The van der Waals surface area contributed by atoms with Gasteiger partial charge in [0.1, 0.15) is 33.8 Å². The van der Waals surface area contributed by atoms with E-state index in [-0.39, 0.29) is 24.0 Å². The molecule has 0 bridgehead atoms. The Labute approximate surface area is 216 Å². The van der Waals surface area contributed by atoms with Gasteiger partial charge in [0.15, 0.2) is 11.6 Å². The Hall–Kier alpha value is -3.61. The van der Waals surface area contributed by atoms with E-state index < -0.39 is 11.9 Å². The number of fused-ring (bicyclic) bond motifs is 2. The second-order valence-corrected chi connectivity index (χ2v) is 9.73.